The molecule has 0 bridgehead atoms. The molecule has 2 aromatic rings. The summed E-state index contributed by atoms with van der Waals surface area (Å²) in [7, 11) is 0. The van der Waals surface area contributed by atoms with Crippen molar-refractivity contribution in [2.75, 3.05) is 0 Å². The van der Waals surface area contributed by atoms with E-state index in [4.69, 9.17) is 10.3 Å². The second-order valence-electron chi connectivity index (χ2n) is 4.45. The maximum atomic E-state index is 5.66. The number of hydrogen-bond donors (Lipinski definition) is 2. The van der Waals surface area contributed by atoms with Crippen LogP contribution in [0.3, 0.4) is 0 Å². The van der Waals surface area contributed by atoms with E-state index in [0.717, 1.165) is 30.0 Å². The van der Waals surface area contributed by atoms with Gasteiger partial charge in [0.1, 0.15) is 5.76 Å². The van der Waals surface area contributed by atoms with Crippen LogP contribution in [0.5, 0.6) is 0 Å². The first-order valence-electron chi connectivity index (χ1n) is 6.19. The van der Waals surface area contributed by atoms with Gasteiger partial charge in [0.2, 0.25) is 0 Å². The minimum atomic E-state index is 0.0464. The molecule has 5 heteroatoms. The van der Waals surface area contributed by atoms with E-state index >= 15 is 0 Å². The molecule has 0 spiro atoms. The van der Waals surface area contributed by atoms with Gasteiger partial charge in [-0.25, -0.2) is 0 Å². The zero-order valence-electron chi connectivity index (χ0n) is 11.1. The van der Waals surface area contributed by atoms with Gasteiger partial charge in [0.05, 0.1) is 18.0 Å². The highest BCUT2D eigenvalue weighted by Crippen LogP contribution is 2.22. The topological polar surface area (TPSA) is 69.0 Å². The van der Waals surface area contributed by atoms with Crippen molar-refractivity contribution in [1.82, 2.24) is 15.2 Å². The molecule has 98 valence electrons. The molecule has 0 aliphatic carbocycles. The lowest BCUT2D eigenvalue weighted by Gasteiger charge is -2.15. The van der Waals surface area contributed by atoms with Crippen LogP contribution < -0.4 is 11.3 Å². The molecule has 5 nitrogen and oxygen atoms in total. The van der Waals surface area contributed by atoms with E-state index in [1.807, 2.05) is 24.6 Å². The van der Waals surface area contributed by atoms with Gasteiger partial charge in [-0.3, -0.25) is 16.0 Å². The number of rotatable bonds is 5. The predicted molar refractivity (Wildman–Crippen MR) is 69.9 cm³/mol. The van der Waals surface area contributed by atoms with Crippen molar-refractivity contribution in [2.45, 2.75) is 39.8 Å². The van der Waals surface area contributed by atoms with Crippen molar-refractivity contribution in [3.63, 3.8) is 0 Å². The Kier molecular flexibility index (Phi) is 3.84. The van der Waals surface area contributed by atoms with Gasteiger partial charge in [-0.2, -0.15) is 5.10 Å². The van der Waals surface area contributed by atoms with Gasteiger partial charge >= 0.3 is 0 Å². The number of aromatic nitrogens is 2. The number of hydrogen-bond acceptors (Lipinski definition) is 4. The monoisotopic (exact) mass is 248 g/mol. The zero-order valence-corrected chi connectivity index (χ0v) is 11.1. The summed E-state index contributed by atoms with van der Waals surface area (Å²) in [6, 6.07) is 4.10. The number of furan rings is 1. The maximum absolute atomic E-state index is 5.66. The van der Waals surface area contributed by atoms with Crippen LogP contribution in [0.15, 0.2) is 22.8 Å². The lowest BCUT2D eigenvalue weighted by atomic mass is 10.0. The largest absolute Gasteiger partial charge is 0.469 e. The smallest absolute Gasteiger partial charge is 0.105 e. The summed E-state index contributed by atoms with van der Waals surface area (Å²) in [6.07, 6.45) is 2.49. The first kappa shape index (κ1) is 12.9. The molecule has 0 saturated carbocycles. The van der Waals surface area contributed by atoms with E-state index in [1.165, 1.54) is 5.69 Å². The summed E-state index contributed by atoms with van der Waals surface area (Å²) in [5.74, 6) is 6.56. The summed E-state index contributed by atoms with van der Waals surface area (Å²) < 4.78 is 7.34. The molecule has 0 aromatic carbocycles. The van der Waals surface area contributed by atoms with Gasteiger partial charge in [-0.15, -0.1) is 0 Å². The van der Waals surface area contributed by atoms with Crippen molar-refractivity contribution in [3.05, 3.63) is 41.1 Å². The summed E-state index contributed by atoms with van der Waals surface area (Å²) in [6.45, 7) is 6.90. The fourth-order valence-electron chi connectivity index (χ4n) is 2.26. The molecule has 1 unspecified atom stereocenters. The SMILES string of the molecule is CCn1nc(C)cc1CC(NN)c1ccoc1C. The number of nitrogens with two attached hydrogens (primary N) is 1. The average molecular weight is 248 g/mol. The second-order valence-corrected chi connectivity index (χ2v) is 4.45. The fourth-order valence-corrected chi connectivity index (χ4v) is 2.26. The van der Waals surface area contributed by atoms with Crippen molar-refractivity contribution in [2.24, 2.45) is 5.84 Å². The van der Waals surface area contributed by atoms with Crippen LogP contribution in [0.25, 0.3) is 0 Å². The molecule has 0 amide bonds. The van der Waals surface area contributed by atoms with Crippen LogP contribution >= 0.6 is 0 Å². The third-order valence-electron chi connectivity index (χ3n) is 3.17. The highest BCUT2D eigenvalue weighted by molar-refractivity contribution is 5.23. The lowest BCUT2D eigenvalue weighted by Crippen LogP contribution is -2.30. The van der Waals surface area contributed by atoms with Crippen molar-refractivity contribution in [3.8, 4) is 0 Å². The van der Waals surface area contributed by atoms with Crippen LogP contribution in [0, 0.1) is 13.8 Å². The van der Waals surface area contributed by atoms with Gasteiger partial charge in [-0.1, -0.05) is 0 Å². The quantitative estimate of drug-likeness (QED) is 0.626. The first-order chi connectivity index (χ1) is 8.65. The Balaban J connectivity index is 2.23. The minimum Gasteiger partial charge on any atom is -0.469 e. The highest BCUT2D eigenvalue weighted by Gasteiger charge is 2.17. The molecule has 18 heavy (non-hydrogen) atoms. The first-order valence-corrected chi connectivity index (χ1v) is 6.19. The Morgan fingerprint density at radius 3 is 2.83 bits per heavy atom. The summed E-state index contributed by atoms with van der Waals surface area (Å²) in [5.41, 5.74) is 6.16. The van der Waals surface area contributed by atoms with Gasteiger partial charge in [0, 0.05) is 24.2 Å². The molecule has 2 rings (SSSR count). The molecule has 0 saturated heterocycles. The predicted octanol–water partition coefficient (Wildman–Crippen LogP) is 1.86. The van der Waals surface area contributed by atoms with Crippen molar-refractivity contribution < 1.29 is 4.42 Å². The third-order valence-corrected chi connectivity index (χ3v) is 3.17. The van der Waals surface area contributed by atoms with E-state index in [1.54, 1.807) is 6.26 Å². The molecule has 0 fully saturated rings. The normalized spacial score (nSPS) is 12.9. The van der Waals surface area contributed by atoms with Crippen molar-refractivity contribution >= 4 is 0 Å². The number of aryl methyl sites for hydroxylation is 3. The van der Waals surface area contributed by atoms with Crippen LogP contribution in [-0.4, -0.2) is 9.78 Å². The Labute approximate surface area is 107 Å². The number of nitrogens with zero attached hydrogens (tertiary/aromatic N) is 2. The molecule has 2 aromatic heterocycles. The van der Waals surface area contributed by atoms with E-state index in [9.17, 15) is 0 Å². The van der Waals surface area contributed by atoms with E-state index in [-0.39, 0.29) is 6.04 Å². The Morgan fingerprint density at radius 2 is 2.28 bits per heavy atom. The maximum Gasteiger partial charge on any atom is 0.105 e. The highest BCUT2D eigenvalue weighted by atomic mass is 16.3. The van der Waals surface area contributed by atoms with Gasteiger partial charge < -0.3 is 4.42 Å². The molecule has 3 N–H and O–H groups in total. The summed E-state index contributed by atoms with van der Waals surface area (Å²) in [4.78, 5) is 0. The van der Waals surface area contributed by atoms with E-state index < -0.39 is 0 Å². The van der Waals surface area contributed by atoms with Crippen LogP contribution in [0.1, 0.15) is 35.7 Å². The lowest BCUT2D eigenvalue weighted by molar-refractivity contribution is 0.489. The fraction of sp³-hybridized carbons (Fsp3) is 0.462. The Hall–Kier alpha value is -1.59. The molecule has 0 aliphatic heterocycles. The molecular formula is C13H20N4O. The van der Waals surface area contributed by atoms with Gasteiger partial charge in [0.15, 0.2) is 0 Å². The van der Waals surface area contributed by atoms with Crippen molar-refractivity contribution in [1.29, 1.82) is 0 Å². The van der Waals surface area contributed by atoms with Crippen LogP contribution in [0.4, 0.5) is 0 Å². The zero-order chi connectivity index (χ0) is 13.1. The van der Waals surface area contributed by atoms with Crippen LogP contribution in [-0.2, 0) is 13.0 Å². The third kappa shape index (κ3) is 2.47. The Bertz CT molecular complexity index is 515. The molecule has 1 atom stereocenters. The van der Waals surface area contributed by atoms with E-state index in [0.29, 0.717) is 0 Å². The standard InChI is InChI=1S/C13H20N4O/c1-4-17-11(7-9(2)16-17)8-13(15-14)12-5-6-18-10(12)3/h5-7,13,15H,4,8,14H2,1-3H3. The van der Waals surface area contributed by atoms with Crippen LogP contribution in [0.2, 0.25) is 0 Å². The summed E-state index contributed by atoms with van der Waals surface area (Å²) >= 11 is 0. The molecular weight excluding hydrogens is 228 g/mol. The van der Waals surface area contributed by atoms with Gasteiger partial charge in [0.25, 0.3) is 0 Å². The minimum absolute atomic E-state index is 0.0464. The van der Waals surface area contributed by atoms with Gasteiger partial charge in [-0.05, 0) is 32.9 Å². The summed E-state index contributed by atoms with van der Waals surface area (Å²) in [5, 5.41) is 4.44. The van der Waals surface area contributed by atoms with E-state index in [2.05, 4.69) is 23.5 Å². The molecule has 0 aliphatic rings. The number of nitrogens with one attached hydrogen (secondary N) is 1. The molecule has 2 heterocycles. The second kappa shape index (κ2) is 5.37. The molecule has 0 radical (unpaired) electrons. The number of hydrazine groups is 1. The Morgan fingerprint density at radius 1 is 1.50 bits per heavy atom. The average Bonchev–Trinajstić information content (AvgIpc) is 2.92.